The topological polar surface area (TPSA) is 123 Å². The van der Waals surface area contributed by atoms with Crippen LogP contribution in [0.3, 0.4) is 0 Å². The molecule has 0 fully saturated rings. The minimum Gasteiger partial charge on any atom is -0.492 e. The molecule has 0 spiro atoms. The number of aromatic nitrogens is 3. The molecule has 5 aromatic rings. The third kappa shape index (κ3) is 6.09. The molecule has 10 nitrogen and oxygen atoms in total. The number of hydrogen-bond acceptors (Lipinski definition) is 7. The zero-order valence-electron chi connectivity index (χ0n) is 23.1. The van der Waals surface area contributed by atoms with E-state index in [1.807, 2.05) is 83.3 Å². The Kier molecular flexibility index (Phi) is 7.49. The highest BCUT2D eigenvalue weighted by Gasteiger charge is 2.20. The van der Waals surface area contributed by atoms with Crippen molar-refractivity contribution in [3.05, 3.63) is 60.5 Å². The van der Waals surface area contributed by atoms with Gasteiger partial charge in [-0.15, -0.1) is 0 Å². The number of hydrogen-bond donors (Lipinski definition) is 3. The number of ether oxygens (including phenoxy) is 1. The number of rotatable bonds is 8. The van der Waals surface area contributed by atoms with E-state index in [9.17, 15) is 9.59 Å². The number of nitrogens with one attached hydrogen (secondary N) is 3. The second kappa shape index (κ2) is 11.0. The van der Waals surface area contributed by atoms with Crippen LogP contribution in [0.25, 0.3) is 26.4 Å². The molecular formula is C29H32N6O4S. The summed E-state index contributed by atoms with van der Waals surface area (Å²) in [5, 5.41) is 12.3. The Balaban J connectivity index is 1.21. The molecule has 5 rings (SSSR count). The molecule has 2 aromatic carbocycles. The van der Waals surface area contributed by atoms with Gasteiger partial charge >= 0.3 is 6.03 Å². The number of carbonyl (C=O) groups excluding carboxylic acids is 2. The van der Waals surface area contributed by atoms with Crippen LogP contribution in [-0.2, 0) is 10.2 Å². The minimum atomic E-state index is -0.404. The molecule has 0 saturated heterocycles. The van der Waals surface area contributed by atoms with E-state index in [2.05, 4.69) is 25.5 Å². The fourth-order valence-corrected chi connectivity index (χ4v) is 4.98. The van der Waals surface area contributed by atoms with Crippen molar-refractivity contribution >= 4 is 50.0 Å². The first-order chi connectivity index (χ1) is 19.1. The molecule has 0 aliphatic carbocycles. The van der Waals surface area contributed by atoms with E-state index in [0.29, 0.717) is 30.4 Å². The predicted molar refractivity (Wildman–Crippen MR) is 157 cm³/mol. The van der Waals surface area contributed by atoms with Crippen LogP contribution >= 0.6 is 11.3 Å². The van der Waals surface area contributed by atoms with Crippen molar-refractivity contribution < 1.29 is 18.8 Å². The van der Waals surface area contributed by atoms with E-state index < -0.39 is 6.03 Å². The van der Waals surface area contributed by atoms with Crippen molar-refractivity contribution in [2.45, 2.75) is 40.0 Å². The summed E-state index contributed by atoms with van der Waals surface area (Å²) in [4.78, 5) is 29.8. The first kappa shape index (κ1) is 27.2. The fraction of sp³-hybridized carbons (Fsp3) is 0.310. The van der Waals surface area contributed by atoms with Gasteiger partial charge in [0.05, 0.1) is 22.5 Å². The van der Waals surface area contributed by atoms with Crippen molar-refractivity contribution in [1.29, 1.82) is 0 Å². The molecular weight excluding hydrogens is 528 g/mol. The molecule has 3 heterocycles. The van der Waals surface area contributed by atoms with Crippen molar-refractivity contribution in [3.63, 3.8) is 0 Å². The van der Waals surface area contributed by atoms with Crippen LogP contribution in [-0.4, -0.2) is 39.6 Å². The molecule has 0 bridgehead atoms. The Bertz CT molecular complexity index is 1660. The van der Waals surface area contributed by atoms with Crippen molar-refractivity contribution in [1.82, 2.24) is 19.9 Å². The lowest BCUT2D eigenvalue weighted by Crippen LogP contribution is -2.31. The summed E-state index contributed by atoms with van der Waals surface area (Å²) in [6, 6.07) is 14.7. The summed E-state index contributed by atoms with van der Waals surface area (Å²) >= 11 is 1.58. The molecule has 0 saturated carbocycles. The van der Waals surface area contributed by atoms with Gasteiger partial charge in [0.2, 0.25) is 5.91 Å². The lowest BCUT2D eigenvalue weighted by Gasteiger charge is -2.12. The van der Waals surface area contributed by atoms with Crippen molar-refractivity contribution in [2.24, 2.45) is 5.92 Å². The highest BCUT2D eigenvalue weighted by molar-refractivity contribution is 7.23. The van der Waals surface area contributed by atoms with Gasteiger partial charge in [-0.1, -0.05) is 63.2 Å². The van der Waals surface area contributed by atoms with Gasteiger partial charge in [-0.2, -0.15) is 0 Å². The number of urea groups is 1. The smallest absolute Gasteiger partial charge is 0.324 e. The highest BCUT2D eigenvalue weighted by atomic mass is 32.1. The third-order valence-electron chi connectivity index (χ3n) is 6.19. The first-order valence-electron chi connectivity index (χ1n) is 13.0. The molecule has 0 radical (unpaired) electrons. The second-order valence-corrected chi connectivity index (χ2v) is 11.8. The lowest BCUT2D eigenvalue weighted by atomic mass is 9.93. The maximum atomic E-state index is 12.4. The maximum absolute atomic E-state index is 12.4. The molecule has 0 aliphatic rings. The largest absolute Gasteiger partial charge is 0.492 e. The number of anilines is 2. The van der Waals surface area contributed by atoms with Crippen LogP contribution in [0.1, 0.15) is 40.4 Å². The summed E-state index contributed by atoms with van der Waals surface area (Å²) in [5.74, 6) is 1.78. The van der Waals surface area contributed by atoms with Crippen molar-refractivity contribution in [2.75, 3.05) is 23.8 Å². The monoisotopic (exact) mass is 560 g/mol. The van der Waals surface area contributed by atoms with Gasteiger partial charge in [0, 0.05) is 34.8 Å². The zero-order chi connectivity index (χ0) is 28.4. The van der Waals surface area contributed by atoms with E-state index in [0.717, 1.165) is 32.2 Å². The van der Waals surface area contributed by atoms with Gasteiger partial charge in [0.15, 0.2) is 10.8 Å². The van der Waals surface area contributed by atoms with Crippen LogP contribution in [0.2, 0.25) is 0 Å². The molecule has 0 aliphatic heterocycles. The number of amides is 3. The molecule has 0 unspecified atom stereocenters. The lowest BCUT2D eigenvalue weighted by molar-refractivity contribution is -0.124. The second-order valence-electron chi connectivity index (χ2n) is 10.8. The third-order valence-corrected chi connectivity index (χ3v) is 7.21. The predicted octanol–water partition coefficient (Wildman–Crippen LogP) is 6.30. The first-order valence-corrected chi connectivity index (χ1v) is 13.9. The highest BCUT2D eigenvalue weighted by Crippen LogP contribution is 2.32. The van der Waals surface area contributed by atoms with Gasteiger partial charge in [-0.05, 0) is 30.3 Å². The minimum absolute atomic E-state index is 0.0170. The van der Waals surface area contributed by atoms with E-state index >= 15 is 0 Å². The summed E-state index contributed by atoms with van der Waals surface area (Å²) in [5.41, 5.74) is 3.26. The summed E-state index contributed by atoms with van der Waals surface area (Å²) < 4.78 is 14.2. The van der Waals surface area contributed by atoms with Gasteiger partial charge in [0.1, 0.15) is 18.1 Å². The molecule has 0 atom stereocenters. The van der Waals surface area contributed by atoms with Gasteiger partial charge in [-0.3, -0.25) is 14.5 Å². The van der Waals surface area contributed by atoms with E-state index in [1.54, 1.807) is 17.4 Å². The maximum Gasteiger partial charge on any atom is 0.324 e. The molecule has 3 aromatic heterocycles. The molecule has 3 amide bonds. The van der Waals surface area contributed by atoms with Crippen molar-refractivity contribution in [3.8, 4) is 17.0 Å². The standard InChI is InChI=1S/C29H32N6O4S/c1-17(2)26(36)30-12-13-38-20-10-11-22-23(14-20)40-28-32-21(16-35(22)28)18-6-8-19(9-7-18)31-27(37)33-25-15-24(39-34-25)29(3,4)5/h6-11,14-17H,12-13H2,1-5H3,(H,30,36)(H2,31,33,34,37). The Labute approximate surface area is 235 Å². The van der Waals surface area contributed by atoms with E-state index in [-0.39, 0.29) is 17.2 Å². The van der Waals surface area contributed by atoms with E-state index in [4.69, 9.17) is 14.2 Å². The quantitative estimate of drug-likeness (QED) is 0.192. The summed E-state index contributed by atoms with van der Waals surface area (Å²) in [7, 11) is 0. The molecule has 11 heteroatoms. The Morgan fingerprint density at radius 2 is 1.85 bits per heavy atom. The number of imidazole rings is 1. The summed E-state index contributed by atoms with van der Waals surface area (Å²) in [6.45, 7) is 10.6. The fourth-order valence-electron chi connectivity index (χ4n) is 3.95. The van der Waals surface area contributed by atoms with Gasteiger partial charge in [0.25, 0.3) is 0 Å². The van der Waals surface area contributed by atoms with Crippen LogP contribution in [0.5, 0.6) is 5.75 Å². The molecule has 208 valence electrons. The zero-order valence-corrected chi connectivity index (χ0v) is 23.9. The molecule has 40 heavy (non-hydrogen) atoms. The number of carbonyl (C=O) groups is 2. The molecule has 3 N–H and O–H groups in total. The van der Waals surface area contributed by atoms with Gasteiger partial charge < -0.3 is 19.9 Å². The number of nitrogens with zero attached hydrogens (tertiary/aromatic N) is 3. The van der Waals surface area contributed by atoms with Crippen LogP contribution < -0.4 is 20.7 Å². The van der Waals surface area contributed by atoms with Crippen LogP contribution in [0.4, 0.5) is 16.3 Å². The number of benzene rings is 2. The average Bonchev–Trinajstić information content (AvgIpc) is 3.61. The van der Waals surface area contributed by atoms with Gasteiger partial charge in [-0.25, -0.2) is 9.78 Å². The van der Waals surface area contributed by atoms with Crippen LogP contribution in [0, 0.1) is 5.92 Å². The van der Waals surface area contributed by atoms with Crippen LogP contribution in [0.15, 0.2) is 59.3 Å². The normalized spacial score (nSPS) is 11.8. The Hall–Kier alpha value is -4.38. The SMILES string of the molecule is CC(C)C(=O)NCCOc1ccc2c(c1)sc1nc(-c3ccc(NC(=O)Nc4cc(C(C)(C)C)on4)cc3)cn12. The number of fused-ring (bicyclic) bond motifs is 3. The Morgan fingerprint density at radius 1 is 1.07 bits per heavy atom. The Morgan fingerprint density at radius 3 is 2.55 bits per heavy atom. The number of thiazole rings is 1. The van der Waals surface area contributed by atoms with E-state index in [1.165, 1.54) is 0 Å². The summed E-state index contributed by atoms with van der Waals surface area (Å²) in [6.07, 6.45) is 2.00. The average molecular weight is 561 g/mol.